The number of hydrogen-bond acceptors (Lipinski definition) is 6. The number of aryl methyl sites for hydroxylation is 1. The summed E-state index contributed by atoms with van der Waals surface area (Å²) in [6.45, 7) is 6.18. The third kappa shape index (κ3) is 4.90. The van der Waals surface area contributed by atoms with Gasteiger partial charge in [-0.25, -0.2) is 4.98 Å². The fourth-order valence-corrected chi connectivity index (χ4v) is 4.04. The van der Waals surface area contributed by atoms with Crippen LogP contribution in [-0.4, -0.2) is 31.4 Å². The molecule has 0 aliphatic heterocycles. The fraction of sp³-hybridized carbons (Fsp3) is 0.176. The maximum Gasteiger partial charge on any atom is 0.236 e. The lowest BCUT2D eigenvalue weighted by Crippen LogP contribution is -2.14. The number of hydrogen-bond donors (Lipinski definition) is 1. The number of thiazole rings is 1. The zero-order chi connectivity index (χ0) is 19.4. The third-order valence-electron chi connectivity index (χ3n) is 3.51. The van der Waals surface area contributed by atoms with Crippen LogP contribution >= 0.6 is 46.3 Å². The molecule has 140 valence electrons. The third-order valence-corrected chi connectivity index (χ3v) is 5.98. The van der Waals surface area contributed by atoms with Gasteiger partial charge in [0.05, 0.1) is 21.5 Å². The van der Waals surface area contributed by atoms with Crippen molar-refractivity contribution in [1.82, 2.24) is 19.7 Å². The van der Waals surface area contributed by atoms with Gasteiger partial charge in [-0.2, -0.15) is 0 Å². The number of benzene rings is 1. The second kappa shape index (κ2) is 8.88. The van der Waals surface area contributed by atoms with E-state index in [2.05, 4.69) is 27.1 Å². The van der Waals surface area contributed by atoms with Crippen molar-refractivity contribution < 1.29 is 4.79 Å². The molecule has 3 aromatic rings. The van der Waals surface area contributed by atoms with Crippen LogP contribution < -0.4 is 5.32 Å². The minimum Gasteiger partial charge on any atom is -0.302 e. The van der Waals surface area contributed by atoms with Crippen molar-refractivity contribution in [3.8, 4) is 11.3 Å². The Morgan fingerprint density at radius 2 is 2.19 bits per heavy atom. The molecule has 0 atom stereocenters. The maximum atomic E-state index is 12.2. The van der Waals surface area contributed by atoms with Crippen molar-refractivity contribution >= 4 is 57.3 Å². The van der Waals surface area contributed by atoms with Crippen LogP contribution in [0.15, 0.2) is 41.4 Å². The van der Waals surface area contributed by atoms with Gasteiger partial charge in [0.2, 0.25) is 5.91 Å². The molecule has 2 heterocycles. The maximum absolute atomic E-state index is 12.2. The van der Waals surface area contributed by atoms with Gasteiger partial charge in [-0.15, -0.1) is 28.1 Å². The molecular formula is C17H15Cl2N5OS2. The number of nitrogens with zero attached hydrogens (tertiary/aromatic N) is 4. The SMILES string of the molecule is C=CCn1c(C)nnc1SCC(=O)Nc1nc(-c2ccc(Cl)c(Cl)c2)cs1. The number of halogens is 2. The van der Waals surface area contributed by atoms with Gasteiger partial charge in [-0.3, -0.25) is 4.79 Å². The Labute approximate surface area is 174 Å². The van der Waals surface area contributed by atoms with E-state index >= 15 is 0 Å². The van der Waals surface area contributed by atoms with E-state index in [9.17, 15) is 4.79 Å². The average molecular weight is 440 g/mol. The molecule has 0 saturated heterocycles. The normalized spacial score (nSPS) is 10.8. The van der Waals surface area contributed by atoms with Crippen molar-refractivity contribution in [2.24, 2.45) is 0 Å². The van der Waals surface area contributed by atoms with Gasteiger partial charge < -0.3 is 9.88 Å². The molecule has 3 rings (SSSR count). The molecule has 0 radical (unpaired) electrons. The van der Waals surface area contributed by atoms with Crippen molar-refractivity contribution in [2.45, 2.75) is 18.6 Å². The molecule has 0 bridgehead atoms. The summed E-state index contributed by atoms with van der Waals surface area (Å²) in [5, 5.41) is 14.9. The predicted octanol–water partition coefficient (Wildman–Crippen LogP) is 4.93. The molecule has 0 aliphatic rings. The van der Waals surface area contributed by atoms with Gasteiger partial charge in [0.25, 0.3) is 0 Å². The lowest BCUT2D eigenvalue weighted by Gasteiger charge is -2.05. The number of thioether (sulfide) groups is 1. The Balaban J connectivity index is 1.61. The smallest absolute Gasteiger partial charge is 0.236 e. The van der Waals surface area contributed by atoms with Crippen LogP contribution in [0.3, 0.4) is 0 Å². The molecule has 27 heavy (non-hydrogen) atoms. The van der Waals surface area contributed by atoms with Crippen LogP contribution in [-0.2, 0) is 11.3 Å². The van der Waals surface area contributed by atoms with Gasteiger partial charge in [0.15, 0.2) is 10.3 Å². The van der Waals surface area contributed by atoms with Crippen LogP contribution in [0.5, 0.6) is 0 Å². The zero-order valence-corrected chi connectivity index (χ0v) is 17.4. The molecule has 10 heteroatoms. The summed E-state index contributed by atoms with van der Waals surface area (Å²) in [5.74, 6) is 0.821. The van der Waals surface area contributed by atoms with E-state index in [1.807, 2.05) is 22.9 Å². The van der Waals surface area contributed by atoms with Crippen molar-refractivity contribution in [3.05, 3.63) is 52.1 Å². The lowest BCUT2D eigenvalue weighted by atomic mass is 10.2. The van der Waals surface area contributed by atoms with Crippen molar-refractivity contribution in [1.29, 1.82) is 0 Å². The molecule has 0 saturated carbocycles. The number of carbonyl (C=O) groups is 1. The topological polar surface area (TPSA) is 72.7 Å². The summed E-state index contributed by atoms with van der Waals surface area (Å²) in [6, 6.07) is 5.30. The van der Waals surface area contributed by atoms with E-state index in [-0.39, 0.29) is 11.7 Å². The van der Waals surface area contributed by atoms with Gasteiger partial charge in [-0.05, 0) is 19.1 Å². The summed E-state index contributed by atoms with van der Waals surface area (Å²) >= 11 is 14.6. The standard InChI is InChI=1S/C17H15Cl2N5OS2/c1-3-6-24-10(2)22-23-17(24)27-9-15(25)21-16-20-14(8-26-16)11-4-5-12(18)13(19)7-11/h3-5,7-8H,1,6,9H2,2H3,(H,20,21,25). The van der Waals surface area contributed by atoms with Gasteiger partial charge in [0, 0.05) is 17.5 Å². The fourth-order valence-electron chi connectivity index (χ4n) is 2.21. The van der Waals surface area contributed by atoms with E-state index < -0.39 is 0 Å². The van der Waals surface area contributed by atoms with E-state index in [1.54, 1.807) is 18.2 Å². The number of carbonyl (C=O) groups excluding carboxylic acids is 1. The largest absolute Gasteiger partial charge is 0.302 e. The average Bonchev–Trinajstić information content (AvgIpc) is 3.24. The number of rotatable bonds is 7. The highest BCUT2D eigenvalue weighted by Crippen LogP contribution is 2.30. The number of anilines is 1. The highest BCUT2D eigenvalue weighted by Gasteiger charge is 2.13. The summed E-state index contributed by atoms with van der Waals surface area (Å²) in [5.41, 5.74) is 1.56. The summed E-state index contributed by atoms with van der Waals surface area (Å²) in [4.78, 5) is 16.7. The quantitative estimate of drug-likeness (QED) is 0.417. The number of nitrogens with one attached hydrogen (secondary N) is 1. The second-order valence-corrected chi connectivity index (χ2v) is 8.05. The highest BCUT2D eigenvalue weighted by atomic mass is 35.5. The van der Waals surface area contributed by atoms with Crippen LogP contribution in [0.25, 0.3) is 11.3 Å². The zero-order valence-electron chi connectivity index (χ0n) is 14.3. The molecular weight excluding hydrogens is 425 g/mol. The first-order chi connectivity index (χ1) is 13.0. The predicted molar refractivity (Wildman–Crippen MR) is 112 cm³/mol. The Morgan fingerprint density at radius 3 is 2.93 bits per heavy atom. The Morgan fingerprint density at radius 1 is 1.37 bits per heavy atom. The molecule has 1 amide bonds. The molecule has 0 unspecified atom stereocenters. The van der Waals surface area contributed by atoms with Crippen molar-refractivity contribution in [2.75, 3.05) is 11.1 Å². The van der Waals surface area contributed by atoms with Crippen LogP contribution in [0.4, 0.5) is 5.13 Å². The molecule has 0 fully saturated rings. The van der Waals surface area contributed by atoms with E-state index in [0.29, 0.717) is 26.9 Å². The number of allylic oxidation sites excluding steroid dienone is 1. The Kier molecular flexibility index (Phi) is 6.54. The van der Waals surface area contributed by atoms with Crippen LogP contribution in [0.2, 0.25) is 10.0 Å². The molecule has 0 spiro atoms. The monoisotopic (exact) mass is 439 g/mol. The molecule has 1 N–H and O–H groups in total. The van der Waals surface area contributed by atoms with E-state index in [0.717, 1.165) is 17.1 Å². The summed E-state index contributed by atoms with van der Waals surface area (Å²) < 4.78 is 1.90. The second-order valence-electron chi connectivity index (χ2n) is 5.43. The highest BCUT2D eigenvalue weighted by molar-refractivity contribution is 7.99. The van der Waals surface area contributed by atoms with Gasteiger partial charge in [0.1, 0.15) is 5.82 Å². The Bertz CT molecular complexity index is 986. The first-order valence-electron chi connectivity index (χ1n) is 7.82. The van der Waals surface area contributed by atoms with Crippen LogP contribution in [0, 0.1) is 6.92 Å². The van der Waals surface area contributed by atoms with Crippen LogP contribution in [0.1, 0.15) is 5.82 Å². The molecule has 2 aromatic heterocycles. The number of amides is 1. The minimum absolute atomic E-state index is 0.166. The molecule has 0 aliphatic carbocycles. The van der Waals surface area contributed by atoms with Crippen molar-refractivity contribution in [3.63, 3.8) is 0 Å². The van der Waals surface area contributed by atoms with Gasteiger partial charge >= 0.3 is 0 Å². The number of aromatic nitrogens is 4. The van der Waals surface area contributed by atoms with E-state index in [1.165, 1.54) is 23.1 Å². The first-order valence-corrected chi connectivity index (χ1v) is 10.4. The first kappa shape index (κ1) is 19.9. The summed E-state index contributed by atoms with van der Waals surface area (Å²) in [6.07, 6.45) is 1.76. The lowest BCUT2D eigenvalue weighted by molar-refractivity contribution is -0.113. The Hall–Kier alpha value is -1.87. The summed E-state index contributed by atoms with van der Waals surface area (Å²) in [7, 11) is 0. The molecule has 6 nitrogen and oxygen atoms in total. The minimum atomic E-state index is -0.166. The van der Waals surface area contributed by atoms with Gasteiger partial charge in [-0.1, -0.05) is 47.1 Å². The molecule has 1 aromatic carbocycles. The van der Waals surface area contributed by atoms with E-state index in [4.69, 9.17) is 23.2 Å².